The summed E-state index contributed by atoms with van der Waals surface area (Å²) in [6.07, 6.45) is 0. The summed E-state index contributed by atoms with van der Waals surface area (Å²) in [5, 5.41) is 12.0. The SMILES string of the molecule is c1ccc(-n2c3ccc4cc3c3cc(ccc32)n(-c2cccc3c2c2ccccc2n3-c2cccc3ccccc23)c2cccc(c2)c2cccc(c2)n4-c2ccc3ccccc3c2)cc1. The standard InChI is InChI=1S/C62H40N4/c1-2-20-46(21-3-1)65-58-34-32-50-39-54(58)55-40-51(33-35-59(55)65)64(48-23-11-19-45(38-48)44-18-10-22-47(37-44)63(50)49-31-30-41-14-4-5-16-43(41)36-49)60-28-13-29-61-62(60)53-25-8-9-26-57(53)66(61)56-27-12-17-42-15-6-7-24-52(42)56/h1-40H. The van der Waals surface area contributed by atoms with Crippen molar-refractivity contribution < 1.29 is 0 Å². The second kappa shape index (κ2) is 14.3. The van der Waals surface area contributed by atoms with Crippen LogP contribution < -0.4 is 0 Å². The summed E-state index contributed by atoms with van der Waals surface area (Å²) in [5.41, 5.74) is 13.5. The highest BCUT2D eigenvalue weighted by atomic mass is 15.0. The Labute approximate surface area is 380 Å². The molecule has 11 aromatic carbocycles. The fraction of sp³-hybridized carbons (Fsp3) is 0. The summed E-state index contributed by atoms with van der Waals surface area (Å²) in [4.78, 5) is 0. The molecular formula is C62H40N4. The first-order chi connectivity index (χ1) is 32.7. The van der Waals surface area contributed by atoms with E-state index in [0.717, 1.165) is 66.5 Å². The molecule has 0 unspecified atom stereocenters. The van der Waals surface area contributed by atoms with Crippen LogP contribution in [-0.2, 0) is 0 Å². The number of hydrogen-bond donors (Lipinski definition) is 0. The second-order valence-electron chi connectivity index (χ2n) is 17.4. The van der Waals surface area contributed by atoms with Gasteiger partial charge in [-0.3, -0.25) is 0 Å². The van der Waals surface area contributed by atoms with Gasteiger partial charge < -0.3 is 18.3 Å². The molecule has 308 valence electrons. The predicted octanol–water partition coefficient (Wildman–Crippen LogP) is 16.4. The van der Waals surface area contributed by atoms with Crippen LogP contribution in [0.3, 0.4) is 0 Å². The summed E-state index contributed by atoms with van der Waals surface area (Å²) < 4.78 is 9.78. The molecule has 0 aliphatic rings. The zero-order chi connectivity index (χ0) is 43.3. The Morgan fingerprint density at radius 2 is 0.727 bits per heavy atom. The minimum absolute atomic E-state index is 1.09. The van der Waals surface area contributed by atoms with E-state index in [9.17, 15) is 0 Å². The molecular weight excluding hydrogens is 801 g/mol. The van der Waals surface area contributed by atoms with Gasteiger partial charge in [-0.1, -0.05) is 133 Å². The number of benzene rings is 11. The lowest BCUT2D eigenvalue weighted by Crippen LogP contribution is -1.99. The molecule has 0 radical (unpaired) electrons. The van der Waals surface area contributed by atoms with Crippen molar-refractivity contribution in [3.8, 4) is 22.7 Å². The monoisotopic (exact) mass is 840 g/mol. The van der Waals surface area contributed by atoms with Crippen molar-refractivity contribution >= 4 is 98.0 Å². The van der Waals surface area contributed by atoms with Crippen molar-refractivity contribution in [2.75, 3.05) is 0 Å². The zero-order valence-corrected chi connectivity index (χ0v) is 35.9. The lowest BCUT2D eigenvalue weighted by molar-refractivity contribution is 1.16. The highest BCUT2D eigenvalue weighted by molar-refractivity contribution is 6.16. The van der Waals surface area contributed by atoms with Crippen molar-refractivity contribution in [1.82, 2.24) is 18.3 Å². The minimum atomic E-state index is 1.09. The summed E-state index contributed by atoms with van der Waals surface area (Å²) in [6.45, 7) is 0. The molecule has 14 rings (SSSR count). The number of aromatic nitrogens is 4. The summed E-state index contributed by atoms with van der Waals surface area (Å²) in [5.74, 6) is 0. The lowest BCUT2D eigenvalue weighted by Gasteiger charge is -2.15. The van der Waals surface area contributed by atoms with Gasteiger partial charge in [0.2, 0.25) is 0 Å². The van der Waals surface area contributed by atoms with Crippen LogP contribution >= 0.6 is 0 Å². The Kier molecular flexibility index (Phi) is 7.95. The molecule has 0 N–H and O–H groups in total. The third-order valence-corrected chi connectivity index (χ3v) is 13.7. The fourth-order valence-electron chi connectivity index (χ4n) is 10.8. The topological polar surface area (TPSA) is 19.7 Å². The van der Waals surface area contributed by atoms with Crippen LogP contribution in [0.2, 0.25) is 0 Å². The van der Waals surface area contributed by atoms with E-state index in [2.05, 4.69) is 261 Å². The highest BCUT2D eigenvalue weighted by Gasteiger charge is 2.20. The summed E-state index contributed by atoms with van der Waals surface area (Å²) in [7, 11) is 0. The molecule has 0 atom stereocenters. The average molecular weight is 841 g/mol. The quantitative estimate of drug-likeness (QED) is 0.168. The van der Waals surface area contributed by atoms with Crippen molar-refractivity contribution in [3.05, 3.63) is 243 Å². The molecule has 4 heteroatoms. The molecule has 0 amide bonds. The third-order valence-electron chi connectivity index (χ3n) is 13.7. The molecule has 14 aromatic rings. The van der Waals surface area contributed by atoms with Gasteiger partial charge in [0, 0.05) is 60.4 Å². The van der Waals surface area contributed by atoms with E-state index in [0.29, 0.717) is 0 Å². The van der Waals surface area contributed by atoms with Gasteiger partial charge in [0.1, 0.15) is 0 Å². The van der Waals surface area contributed by atoms with Crippen LogP contribution in [0.15, 0.2) is 243 Å². The van der Waals surface area contributed by atoms with Crippen molar-refractivity contribution in [3.63, 3.8) is 0 Å². The molecule has 0 fully saturated rings. The molecule has 0 saturated carbocycles. The maximum Gasteiger partial charge on any atom is 0.0562 e. The van der Waals surface area contributed by atoms with Gasteiger partial charge in [-0.2, -0.15) is 0 Å². The molecule has 0 aliphatic carbocycles. The summed E-state index contributed by atoms with van der Waals surface area (Å²) >= 11 is 0. The lowest BCUT2D eigenvalue weighted by atomic mass is 10.1. The maximum absolute atomic E-state index is 2.48. The fourth-order valence-corrected chi connectivity index (χ4v) is 10.8. The van der Waals surface area contributed by atoms with Gasteiger partial charge in [0.05, 0.1) is 33.4 Å². The van der Waals surface area contributed by atoms with Crippen LogP contribution in [0.25, 0.3) is 121 Å². The molecule has 4 nitrogen and oxygen atoms in total. The Bertz CT molecular complexity index is 4340. The van der Waals surface area contributed by atoms with E-state index in [4.69, 9.17) is 0 Å². The molecule has 0 aliphatic heterocycles. The Balaban J connectivity index is 1.16. The van der Waals surface area contributed by atoms with E-state index in [1.807, 2.05) is 0 Å². The van der Waals surface area contributed by atoms with Crippen LogP contribution in [-0.4, -0.2) is 18.3 Å². The molecule has 0 saturated heterocycles. The number of rotatable bonds is 4. The molecule has 3 aromatic heterocycles. The largest absolute Gasteiger partial charge is 0.310 e. The molecule has 8 bridgehead atoms. The molecule has 0 spiro atoms. The second-order valence-corrected chi connectivity index (χ2v) is 17.4. The molecule has 66 heavy (non-hydrogen) atoms. The van der Waals surface area contributed by atoms with Gasteiger partial charge in [-0.25, -0.2) is 0 Å². The number of nitrogens with zero attached hydrogens (tertiary/aromatic N) is 4. The predicted molar refractivity (Wildman–Crippen MR) is 279 cm³/mol. The minimum Gasteiger partial charge on any atom is -0.310 e. The zero-order valence-electron chi connectivity index (χ0n) is 35.9. The van der Waals surface area contributed by atoms with E-state index in [1.54, 1.807) is 0 Å². The van der Waals surface area contributed by atoms with Gasteiger partial charge in [0.25, 0.3) is 0 Å². The van der Waals surface area contributed by atoms with Crippen molar-refractivity contribution in [1.29, 1.82) is 0 Å². The van der Waals surface area contributed by atoms with Crippen molar-refractivity contribution in [2.24, 2.45) is 0 Å². The first kappa shape index (κ1) is 36.6. The average Bonchev–Trinajstić information content (AvgIpc) is 3.89. The first-order valence-corrected chi connectivity index (χ1v) is 22.7. The molecule has 3 heterocycles. The number of hydrogen-bond acceptors (Lipinski definition) is 0. The first-order valence-electron chi connectivity index (χ1n) is 22.7. The van der Waals surface area contributed by atoms with E-state index in [-0.39, 0.29) is 0 Å². The summed E-state index contributed by atoms with van der Waals surface area (Å²) in [6, 6.07) is 89.4. The van der Waals surface area contributed by atoms with Crippen LogP contribution in [0, 0.1) is 0 Å². The Hall–Kier alpha value is -8.86. The van der Waals surface area contributed by atoms with E-state index in [1.165, 1.54) is 54.3 Å². The maximum atomic E-state index is 2.48. The van der Waals surface area contributed by atoms with Crippen LogP contribution in [0.1, 0.15) is 0 Å². The smallest absolute Gasteiger partial charge is 0.0562 e. The van der Waals surface area contributed by atoms with Gasteiger partial charge in [-0.15, -0.1) is 0 Å². The Morgan fingerprint density at radius 1 is 0.212 bits per heavy atom. The van der Waals surface area contributed by atoms with Gasteiger partial charge in [-0.05, 0) is 136 Å². The van der Waals surface area contributed by atoms with E-state index >= 15 is 0 Å². The van der Waals surface area contributed by atoms with Gasteiger partial charge >= 0.3 is 0 Å². The number of para-hydroxylation sites is 2. The van der Waals surface area contributed by atoms with E-state index < -0.39 is 0 Å². The van der Waals surface area contributed by atoms with Crippen molar-refractivity contribution in [2.45, 2.75) is 0 Å². The third kappa shape index (κ3) is 5.52. The van der Waals surface area contributed by atoms with Gasteiger partial charge in [0.15, 0.2) is 0 Å². The number of fused-ring (bicyclic) bond motifs is 12. The van der Waals surface area contributed by atoms with Crippen LogP contribution in [0.4, 0.5) is 0 Å². The van der Waals surface area contributed by atoms with Crippen LogP contribution in [0.5, 0.6) is 0 Å². The normalized spacial score (nSPS) is 11.9. The highest BCUT2D eigenvalue weighted by Crippen LogP contribution is 2.40. The Morgan fingerprint density at radius 3 is 1.50 bits per heavy atom.